The maximum atomic E-state index is 6.60. The summed E-state index contributed by atoms with van der Waals surface area (Å²) in [6, 6.07) is 8.28. The van der Waals surface area contributed by atoms with Gasteiger partial charge in [0.1, 0.15) is 11.7 Å². The number of fused-ring (bicyclic) bond motifs is 2. The molecule has 8 heteroatoms. The largest absolute Gasteiger partial charge is 0.383 e. The highest BCUT2D eigenvalue weighted by atomic mass is 35.5. The Balaban J connectivity index is 0.00000289. The van der Waals surface area contributed by atoms with Crippen molar-refractivity contribution in [3.05, 3.63) is 47.1 Å². The van der Waals surface area contributed by atoms with Crippen molar-refractivity contribution in [3.8, 4) is 0 Å². The molecule has 1 aromatic carbocycles. The molecule has 1 saturated carbocycles. The number of hydrogen-bond acceptors (Lipinski definition) is 6. The number of allylic oxidation sites excluding steroid dienone is 1. The fourth-order valence-electron chi connectivity index (χ4n) is 5.35. The lowest BCUT2D eigenvalue weighted by Crippen LogP contribution is -2.59. The third-order valence-electron chi connectivity index (χ3n) is 7.67. The molecule has 1 spiro atoms. The van der Waals surface area contributed by atoms with Crippen LogP contribution < -0.4 is 10.6 Å². The number of anilines is 1. The predicted molar refractivity (Wildman–Crippen MR) is 143 cm³/mol. The van der Waals surface area contributed by atoms with Crippen molar-refractivity contribution in [2.24, 2.45) is 5.92 Å². The molecule has 2 aromatic rings. The first kappa shape index (κ1) is 26.6. The van der Waals surface area contributed by atoms with Crippen molar-refractivity contribution in [2.75, 3.05) is 18.4 Å². The number of rotatable bonds is 6. The molecule has 0 unspecified atom stereocenters. The first-order chi connectivity index (χ1) is 16.4. The van der Waals surface area contributed by atoms with Crippen LogP contribution in [-0.4, -0.2) is 41.6 Å². The SMILES string of the molecule is CC(C)C1=C[C@H]2OC3(CCC(NCCNc4ccnc5cc(Cl)ccc45)CC3)OO[C@@]2(C)CC1.Cl. The average molecular weight is 523 g/mol. The van der Waals surface area contributed by atoms with E-state index in [-0.39, 0.29) is 24.1 Å². The summed E-state index contributed by atoms with van der Waals surface area (Å²) >= 11 is 6.10. The van der Waals surface area contributed by atoms with Crippen LogP contribution in [0.15, 0.2) is 42.1 Å². The molecule has 2 aliphatic carbocycles. The van der Waals surface area contributed by atoms with E-state index >= 15 is 0 Å². The summed E-state index contributed by atoms with van der Waals surface area (Å²) in [7, 11) is 0. The summed E-state index contributed by atoms with van der Waals surface area (Å²) in [5, 5.41) is 9.01. The molecule has 5 rings (SSSR count). The number of benzene rings is 1. The first-order valence-corrected chi connectivity index (χ1v) is 13.0. The Kier molecular flexibility index (Phi) is 8.31. The molecule has 2 heterocycles. The number of ether oxygens (including phenoxy) is 1. The van der Waals surface area contributed by atoms with Gasteiger partial charge in [0.15, 0.2) is 0 Å². The van der Waals surface area contributed by atoms with E-state index in [0.717, 1.165) is 68.2 Å². The molecule has 0 amide bonds. The predicted octanol–water partition coefficient (Wildman–Crippen LogP) is 6.43. The van der Waals surface area contributed by atoms with Gasteiger partial charge in [0.25, 0.3) is 0 Å². The Morgan fingerprint density at radius 1 is 1.11 bits per heavy atom. The Bertz CT molecular complexity index is 1060. The van der Waals surface area contributed by atoms with Crippen LogP contribution in [0.2, 0.25) is 5.02 Å². The number of aromatic nitrogens is 1. The summed E-state index contributed by atoms with van der Waals surface area (Å²) in [6.45, 7) is 8.34. The average Bonchev–Trinajstić information content (AvgIpc) is 2.83. The van der Waals surface area contributed by atoms with Gasteiger partial charge in [-0.05, 0) is 62.8 Å². The molecule has 0 radical (unpaired) electrons. The van der Waals surface area contributed by atoms with Gasteiger partial charge in [-0.2, -0.15) is 0 Å². The van der Waals surface area contributed by atoms with E-state index < -0.39 is 5.79 Å². The van der Waals surface area contributed by atoms with E-state index in [1.165, 1.54) is 5.57 Å². The first-order valence-electron chi connectivity index (χ1n) is 12.6. The molecule has 35 heavy (non-hydrogen) atoms. The normalized spacial score (nSPS) is 30.6. The van der Waals surface area contributed by atoms with E-state index in [4.69, 9.17) is 26.1 Å². The third kappa shape index (κ3) is 5.79. The van der Waals surface area contributed by atoms with Crippen LogP contribution in [0.4, 0.5) is 5.69 Å². The molecular weight excluding hydrogens is 485 g/mol. The molecule has 3 aliphatic rings. The topological polar surface area (TPSA) is 64.6 Å². The van der Waals surface area contributed by atoms with Gasteiger partial charge in [-0.25, -0.2) is 9.78 Å². The van der Waals surface area contributed by atoms with Crippen LogP contribution in [-0.2, 0) is 14.5 Å². The Labute approximate surface area is 219 Å². The number of hydrogen-bond donors (Lipinski definition) is 2. The highest BCUT2D eigenvalue weighted by molar-refractivity contribution is 6.31. The monoisotopic (exact) mass is 521 g/mol. The van der Waals surface area contributed by atoms with Crippen molar-refractivity contribution in [1.29, 1.82) is 0 Å². The minimum absolute atomic E-state index is 0. The lowest BCUT2D eigenvalue weighted by Gasteiger charge is -2.51. The summed E-state index contributed by atoms with van der Waals surface area (Å²) in [5.74, 6) is -0.0725. The molecule has 2 N–H and O–H groups in total. The zero-order valence-electron chi connectivity index (χ0n) is 20.8. The number of halogens is 2. The molecule has 1 saturated heterocycles. The van der Waals surface area contributed by atoms with Crippen LogP contribution >= 0.6 is 24.0 Å². The number of nitrogens with one attached hydrogen (secondary N) is 2. The van der Waals surface area contributed by atoms with E-state index in [0.29, 0.717) is 17.0 Å². The van der Waals surface area contributed by atoms with E-state index in [1.807, 2.05) is 30.5 Å². The maximum Gasteiger partial charge on any atom is 0.202 e. The minimum atomic E-state index is -0.617. The van der Waals surface area contributed by atoms with Crippen molar-refractivity contribution in [2.45, 2.75) is 82.8 Å². The quantitative estimate of drug-likeness (QED) is 0.259. The second-order valence-corrected chi connectivity index (χ2v) is 10.9. The van der Waals surface area contributed by atoms with Gasteiger partial charge in [-0.1, -0.05) is 37.1 Å². The minimum Gasteiger partial charge on any atom is -0.383 e. The summed E-state index contributed by atoms with van der Waals surface area (Å²) in [5.41, 5.74) is 3.07. The molecule has 2 fully saturated rings. The smallest absolute Gasteiger partial charge is 0.202 e. The van der Waals surface area contributed by atoms with Gasteiger partial charge in [0, 0.05) is 54.3 Å². The standard InChI is InChI=1S/C27H36ClN3O3.ClH/c1-18(2)19-6-10-26(3)25(16-19)32-27(34-33-26)11-7-21(8-12-27)29-14-15-31-23-9-13-30-24-17-20(28)4-5-22(23)24;/h4-5,9,13,16-18,21,25,29H,6-8,10-12,14-15H2,1-3H3,(H,30,31);1H/t21?,25-,26+,27?;/m1./s1. The lowest BCUT2D eigenvalue weighted by atomic mass is 9.80. The van der Waals surface area contributed by atoms with Gasteiger partial charge < -0.3 is 15.4 Å². The van der Waals surface area contributed by atoms with Crippen molar-refractivity contribution in [3.63, 3.8) is 0 Å². The van der Waals surface area contributed by atoms with Gasteiger partial charge >= 0.3 is 0 Å². The molecular formula is C27H37Cl2N3O3. The summed E-state index contributed by atoms with van der Waals surface area (Å²) in [6.07, 6.45) is 9.75. The highest BCUT2D eigenvalue weighted by Gasteiger charge is 2.52. The Hall–Kier alpha value is -1.41. The van der Waals surface area contributed by atoms with Crippen LogP contribution in [0.25, 0.3) is 10.9 Å². The fraction of sp³-hybridized carbons (Fsp3) is 0.593. The van der Waals surface area contributed by atoms with Crippen molar-refractivity contribution >= 4 is 40.6 Å². The van der Waals surface area contributed by atoms with Crippen molar-refractivity contribution in [1.82, 2.24) is 10.3 Å². The fourth-order valence-corrected chi connectivity index (χ4v) is 5.52. The van der Waals surface area contributed by atoms with Gasteiger partial charge in [0.05, 0.1) is 5.52 Å². The third-order valence-corrected chi connectivity index (χ3v) is 7.91. The zero-order valence-corrected chi connectivity index (χ0v) is 22.4. The zero-order chi connectivity index (χ0) is 23.8. The molecule has 0 bridgehead atoms. The molecule has 1 aliphatic heterocycles. The molecule has 1 aromatic heterocycles. The lowest BCUT2D eigenvalue weighted by molar-refractivity contribution is -0.527. The van der Waals surface area contributed by atoms with Gasteiger partial charge in [-0.3, -0.25) is 4.98 Å². The Morgan fingerprint density at radius 3 is 2.69 bits per heavy atom. The van der Waals surface area contributed by atoms with Crippen LogP contribution in [0.1, 0.15) is 59.3 Å². The summed E-state index contributed by atoms with van der Waals surface area (Å²) < 4.78 is 6.60. The van der Waals surface area contributed by atoms with E-state index in [1.54, 1.807) is 0 Å². The van der Waals surface area contributed by atoms with E-state index in [2.05, 4.69) is 42.5 Å². The van der Waals surface area contributed by atoms with Crippen LogP contribution in [0.5, 0.6) is 0 Å². The second kappa shape index (κ2) is 10.9. The highest BCUT2D eigenvalue weighted by Crippen LogP contribution is 2.46. The van der Waals surface area contributed by atoms with Gasteiger partial charge in [-0.15, -0.1) is 12.4 Å². The second-order valence-electron chi connectivity index (χ2n) is 10.5. The molecule has 6 nitrogen and oxygen atoms in total. The number of pyridine rings is 1. The maximum absolute atomic E-state index is 6.60. The molecule has 192 valence electrons. The van der Waals surface area contributed by atoms with Crippen LogP contribution in [0.3, 0.4) is 0 Å². The summed E-state index contributed by atoms with van der Waals surface area (Å²) in [4.78, 5) is 16.4. The Morgan fingerprint density at radius 2 is 1.91 bits per heavy atom. The molecule has 2 atom stereocenters. The van der Waals surface area contributed by atoms with E-state index in [9.17, 15) is 0 Å². The number of nitrogens with zero attached hydrogens (tertiary/aromatic N) is 1. The van der Waals surface area contributed by atoms with Gasteiger partial charge in [0.2, 0.25) is 5.79 Å². The van der Waals surface area contributed by atoms with Crippen LogP contribution in [0, 0.1) is 5.92 Å². The van der Waals surface area contributed by atoms with Crippen molar-refractivity contribution < 1.29 is 14.5 Å².